The zero-order valence-electron chi connectivity index (χ0n) is 19.4. The summed E-state index contributed by atoms with van der Waals surface area (Å²) in [5, 5.41) is 4.26. The van der Waals surface area contributed by atoms with Gasteiger partial charge in [-0.2, -0.15) is 5.10 Å². The van der Waals surface area contributed by atoms with Gasteiger partial charge in [-0.25, -0.2) is 13.1 Å². The zero-order chi connectivity index (χ0) is 23.7. The van der Waals surface area contributed by atoms with Gasteiger partial charge in [-0.15, -0.1) is 0 Å². The summed E-state index contributed by atoms with van der Waals surface area (Å²) in [7, 11) is -1.90. The highest BCUT2D eigenvalue weighted by Gasteiger charge is 2.28. The van der Waals surface area contributed by atoms with Gasteiger partial charge in [0.25, 0.3) is 0 Å². The van der Waals surface area contributed by atoms with Crippen LogP contribution in [0.25, 0.3) is 5.57 Å². The average molecular weight is 447 g/mol. The largest absolute Gasteiger partial charge is 0.407 e. The van der Waals surface area contributed by atoms with E-state index >= 15 is 0 Å². The SMILES string of the molecule is CCCC(=O)Oc1c(C(=O)c2ccc(S(C)(=O)=O)c(C(C)=C(C)C)c2C)c(C)nn1C. The third-order valence-electron chi connectivity index (χ3n) is 5.26. The van der Waals surface area contributed by atoms with Crippen LogP contribution in [-0.2, 0) is 21.7 Å². The fourth-order valence-corrected chi connectivity index (χ4v) is 4.46. The molecule has 1 aromatic carbocycles. The number of nitrogens with zero attached hydrogens (tertiary/aromatic N) is 2. The number of aryl methyl sites for hydroxylation is 2. The van der Waals surface area contributed by atoms with Crippen molar-refractivity contribution in [1.29, 1.82) is 0 Å². The molecule has 0 atom stereocenters. The van der Waals surface area contributed by atoms with Crippen molar-refractivity contribution in [2.45, 2.75) is 59.3 Å². The maximum Gasteiger partial charge on any atom is 0.312 e. The van der Waals surface area contributed by atoms with Crippen molar-refractivity contribution in [2.75, 3.05) is 6.26 Å². The van der Waals surface area contributed by atoms with E-state index in [9.17, 15) is 18.0 Å². The van der Waals surface area contributed by atoms with E-state index in [1.807, 2.05) is 27.7 Å². The Bertz CT molecular complexity index is 1180. The average Bonchev–Trinajstić information content (AvgIpc) is 2.92. The van der Waals surface area contributed by atoms with Gasteiger partial charge in [0, 0.05) is 25.3 Å². The minimum atomic E-state index is -3.51. The first-order chi connectivity index (χ1) is 14.3. The van der Waals surface area contributed by atoms with Crippen molar-refractivity contribution in [3.05, 3.63) is 45.7 Å². The molecule has 0 bridgehead atoms. The predicted molar refractivity (Wildman–Crippen MR) is 120 cm³/mol. The number of ether oxygens (including phenoxy) is 1. The Balaban J connectivity index is 2.74. The van der Waals surface area contributed by atoms with E-state index in [1.165, 1.54) is 16.8 Å². The Morgan fingerprint density at radius 3 is 2.23 bits per heavy atom. The molecule has 0 aliphatic heterocycles. The molecule has 0 unspecified atom stereocenters. The highest BCUT2D eigenvalue weighted by Crippen LogP contribution is 2.33. The third-order valence-corrected chi connectivity index (χ3v) is 6.40. The molecule has 8 heteroatoms. The van der Waals surface area contributed by atoms with Gasteiger partial charge < -0.3 is 4.74 Å². The molecular weight excluding hydrogens is 416 g/mol. The molecule has 1 heterocycles. The number of aromatic nitrogens is 2. The van der Waals surface area contributed by atoms with Gasteiger partial charge >= 0.3 is 5.97 Å². The van der Waals surface area contributed by atoms with Crippen molar-refractivity contribution in [3.63, 3.8) is 0 Å². The van der Waals surface area contributed by atoms with Crippen molar-refractivity contribution in [1.82, 2.24) is 9.78 Å². The van der Waals surface area contributed by atoms with E-state index in [1.54, 1.807) is 20.9 Å². The number of hydrogen-bond donors (Lipinski definition) is 0. The number of hydrogen-bond acceptors (Lipinski definition) is 6. The summed E-state index contributed by atoms with van der Waals surface area (Å²) in [4.78, 5) is 25.8. The second-order valence-corrected chi connectivity index (χ2v) is 9.93. The van der Waals surface area contributed by atoms with E-state index in [-0.39, 0.29) is 28.5 Å². The number of sulfone groups is 1. The first kappa shape index (κ1) is 24.5. The lowest BCUT2D eigenvalue weighted by Gasteiger charge is -2.17. The molecule has 168 valence electrons. The fraction of sp³-hybridized carbons (Fsp3) is 0.435. The van der Waals surface area contributed by atoms with E-state index in [4.69, 9.17) is 4.74 Å². The molecule has 0 amide bonds. The van der Waals surface area contributed by atoms with Crippen LogP contribution in [0.5, 0.6) is 5.88 Å². The first-order valence-electron chi connectivity index (χ1n) is 10.1. The number of benzene rings is 1. The molecule has 2 rings (SSSR count). The minimum absolute atomic E-state index is 0.0908. The zero-order valence-corrected chi connectivity index (χ0v) is 20.2. The number of allylic oxidation sites excluding steroid dienone is 2. The molecule has 31 heavy (non-hydrogen) atoms. The summed E-state index contributed by atoms with van der Waals surface area (Å²) in [6.07, 6.45) is 2.00. The first-order valence-corrected chi connectivity index (χ1v) is 12.0. The molecular formula is C23H30N2O5S. The molecule has 2 aromatic rings. The third kappa shape index (κ3) is 4.95. The van der Waals surface area contributed by atoms with Crippen LogP contribution < -0.4 is 4.74 Å². The Morgan fingerprint density at radius 2 is 1.71 bits per heavy atom. The molecule has 1 aromatic heterocycles. The van der Waals surface area contributed by atoms with Crippen LogP contribution in [-0.4, -0.2) is 36.2 Å². The number of esters is 1. The lowest BCUT2D eigenvalue weighted by molar-refractivity contribution is -0.134. The molecule has 0 saturated carbocycles. The van der Waals surface area contributed by atoms with Crippen LogP contribution in [0.1, 0.15) is 73.3 Å². The second kappa shape index (κ2) is 9.18. The van der Waals surface area contributed by atoms with E-state index in [0.717, 1.165) is 17.4 Å². The highest BCUT2D eigenvalue weighted by molar-refractivity contribution is 7.90. The molecule has 0 radical (unpaired) electrons. The maximum absolute atomic E-state index is 13.6. The Kier molecular flexibility index (Phi) is 7.26. The van der Waals surface area contributed by atoms with Crippen molar-refractivity contribution < 1.29 is 22.7 Å². The second-order valence-electron chi connectivity index (χ2n) is 7.95. The lowest BCUT2D eigenvalue weighted by atomic mass is 9.91. The number of ketones is 1. The minimum Gasteiger partial charge on any atom is -0.407 e. The number of rotatable bonds is 7. The molecule has 0 saturated heterocycles. The quantitative estimate of drug-likeness (QED) is 0.467. The summed E-state index contributed by atoms with van der Waals surface area (Å²) in [5.74, 6) is -0.719. The van der Waals surface area contributed by atoms with Gasteiger partial charge in [0.2, 0.25) is 11.7 Å². The summed E-state index contributed by atoms with van der Waals surface area (Å²) >= 11 is 0. The van der Waals surface area contributed by atoms with Crippen LogP contribution in [0.3, 0.4) is 0 Å². The standard InChI is InChI=1S/C23H30N2O5S/c1-9-10-19(26)30-23-21(16(6)24-25(23)7)22(27)17-11-12-18(31(8,28)29)20(15(17)5)14(4)13(2)3/h11-12H,9-10H2,1-8H3. The monoisotopic (exact) mass is 446 g/mol. The normalized spacial score (nSPS) is 11.4. The van der Waals surface area contributed by atoms with E-state index < -0.39 is 15.8 Å². The van der Waals surface area contributed by atoms with Crippen molar-refractivity contribution in [2.24, 2.45) is 7.05 Å². The van der Waals surface area contributed by atoms with Gasteiger partial charge in [-0.05, 0) is 69.9 Å². The number of carbonyl (C=O) groups excluding carboxylic acids is 2. The summed E-state index contributed by atoms with van der Waals surface area (Å²) < 4.78 is 31.6. The van der Waals surface area contributed by atoms with E-state index in [0.29, 0.717) is 28.8 Å². The van der Waals surface area contributed by atoms with Crippen LogP contribution in [0, 0.1) is 13.8 Å². The van der Waals surface area contributed by atoms with Crippen LogP contribution >= 0.6 is 0 Å². The maximum atomic E-state index is 13.6. The van der Waals surface area contributed by atoms with Gasteiger partial charge in [-0.1, -0.05) is 12.5 Å². The van der Waals surface area contributed by atoms with Crippen LogP contribution in [0.2, 0.25) is 0 Å². The van der Waals surface area contributed by atoms with Crippen molar-refractivity contribution >= 4 is 27.2 Å². The lowest BCUT2D eigenvalue weighted by Crippen LogP contribution is -2.15. The smallest absolute Gasteiger partial charge is 0.312 e. The van der Waals surface area contributed by atoms with Gasteiger partial charge in [0.05, 0.1) is 10.6 Å². The molecule has 0 N–H and O–H groups in total. The van der Waals surface area contributed by atoms with Crippen LogP contribution in [0.15, 0.2) is 22.6 Å². The van der Waals surface area contributed by atoms with Gasteiger partial charge in [0.1, 0.15) is 5.56 Å². The fourth-order valence-electron chi connectivity index (χ4n) is 3.47. The summed E-state index contributed by atoms with van der Waals surface area (Å²) in [5.41, 5.74) is 3.79. The van der Waals surface area contributed by atoms with Crippen molar-refractivity contribution in [3.8, 4) is 5.88 Å². The molecule has 0 aliphatic rings. The van der Waals surface area contributed by atoms with Gasteiger partial charge in [-0.3, -0.25) is 9.59 Å². The predicted octanol–water partition coefficient (Wildman–Crippen LogP) is 4.19. The Hall–Kier alpha value is -2.74. The Morgan fingerprint density at radius 1 is 1.10 bits per heavy atom. The highest BCUT2D eigenvalue weighted by atomic mass is 32.2. The topological polar surface area (TPSA) is 95.3 Å². The molecule has 7 nitrogen and oxygen atoms in total. The van der Waals surface area contributed by atoms with E-state index in [2.05, 4.69) is 5.10 Å². The molecule has 0 spiro atoms. The van der Waals surface area contributed by atoms with Gasteiger partial charge in [0.15, 0.2) is 9.84 Å². The summed E-state index contributed by atoms with van der Waals surface area (Å²) in [6, 6.07) is 2.98. The molecule has 0 fully saturated rings. The summed E-state index contributed by atoms with van der Waals surface area (Å²) in [6.45, 7) is 10.9. The van der Waals surface area contributed by atoms with Crippen LogP contribution in [0.4, 0.5) is 0 Å². The molecule has 0 aliphatic carbocycles. The Labute approximate surface area is 184 Å². The number of carbonyl (C=O) groups is 2.